The van der Waals surface area contributed by atoms with Gasteiger partial charge in [-0.25, -0.2) is 0 Å². The maximum Gasteiger partial charge on any atom is 0.264 e. The van der Waals surface area contributed by atoms with E-state index in [0.717, 1.165) is 19.1 Å². The van der Waals surface area contributed by atoms with Gasteiger partial charge in [0, 0.05) is 0 Å². The highest BCUT2D eigenvalue weighted by Gasteiger charge is 2.05. The fourth-order valence-electron chi connectivity index (χ4n) is 1.20. The molecule has 0 saturated heterocycles. The number of allylic oxidation sites excluding steroid dienone is 4. The molecule has 74 valence electrons. The third kappa shape index (κ3) is 4.85. The Morgan fingerprint density at radius 3 is 2.46 bits per heavy atom. The van der Waals surface area contributed by atoms with Crippen LogP contribution in [0.2, 0.25) is 0 Å². The predicted octanol–water partition coefficient (Wildman–Crippen LogP) is 1.49. The Hall–Kier alpha value is -0.610. The number of hydrogen-bond acceptors (Lipinski definition) is 3. The van der Waals surface area contributed by atoms with Crippen molar-refractivity contribution in [3.8, 4) is 0 Å². The molecule has 1 rings (SSSR count). The van der Waals surface area contributed by atoms with E-state index in [4.69, 9.17) is 0 Å². The van der Waals surface area contributed by atoms with Crippen LogP contribution < -0.4 is 0 Å². The fraction of sp³-hybridized carbons (Fsp3) is 0.556. The zero-order valence-electron chi connectivity index (χ0n) is 7.64. The van der Waals surface area contributed by atoms with E-state index in [-0.39, 0.29) is 6.61 Å². The van der Waals surface area contributed by atoms with Crippen LogP contribution >= 0.6 is 0 Å². The molecule has 13 heavy (non-hydrogen) atoms. The molecule has 0 fully saturated rings. The summed E-state index contributed by atoms with van der Waals surface area (Å²) in [5.41, 5.74) is 0. The molecule has 0 radical (unpaired) electrons. The molecule has 0 unspecified atom stereocenters. The van der Waals surface area contributed by atoms with Gasteiger partial charge in [0.15, 0.2) is 0 Å². The molecular weight excluding hydrogens is 188 g/mol. The minimum absolute atomic E-state index is 0.289. The third-order valence-corrected chi connectivity index (χ3v) is 2.40. The lowest BCUT2D eigenvalue weighted by Crippen LogP contribution is -2.05. The van der Waals surface area contributed by atoms with Crippen LogP contribution in [0.3, 0.4) is 0 Å². The minimum Gasteiger partial charge on any atom is -0.270 e. The van der Waals surface area contributed by atoms with Gasteiger partial charge in [0.05, 0.1) is 12.9 Å². The van der Waals surface area contributed by atoms with Gasteiger partial charge in [0.25, 0.3) is 10.1 Å². The van der Waals surface area contributed by atoms with Crippen molar-refractivity contribution >= 4 is 10.1 Å². The first-order chi connectivity index (χ1) is 6.08. The average molecular weight is 202 g/mol. The minimum atomic E-state index is -3.26. The first-order valence-electron chi connectivity index (χ1n) is 4.27. The monoisotopic (exact) mass is 202 g/mol. The number of hydrogen-bond donors (Lipinski definition) is 0. The summed E-state index contributed by atoms with van der Waals surface area (Å²) in [6.45, 7) is 0.289. The van der Waals surface area contributed by atoms with Gasteiger partial charge in [-0.2, -0.15) is 8.42 Å². The molecule has 0 aromatic heterocycles. The van der Waals surface area contributed by atoms with Crippen molar-refractivity contribution in [3.05, 3.63) is 24.3 Å². The van der Waals surface area contributed by atoms with Crippen molar-refractivity contribution in [2.75, 3.05) is 12.9 Å². The summed E-state index contributed by atoms with van der Waals surface area (Å²) in [5.74, 6) is 0.461. The van der Waals surface area contributed by atoms with E-state index in [0.29, 0.717) is 5.92 Å². The van der Waals surface area contributed by atoms with Crippen molar-refractivity contribution in [1.82, 2.24) is 0 Å². The standard InChI is InChI=1S/C9H14O3S/c1-13(10,11)12-8-4-7-9-5-2-3-6-9/h2-3,5-6,9H,4,7-8H2,1H3. The van der Waals surface area contributed by atoms with E-state index in [1.165, 1.54) is 0 Å². The van der Waals surface area contributed by atoms with Crippen molar-refractivity contribution in [3.63, 3.8) is 0 Å². The molecule has 0 amide bonds. The van der Waals surface area contributed by atoms with Crippen LogP contribution in [0.1, 0.15) is 12.8 Å². The first-order valence-corrected chi connectivity index (χ1v) is 6.09. The predicted molar refractivity (Wildman–Crippen MR) is 51.8 cm³/mol. The first kappa shape index (κ1) is 10.5. The van der Waals surface area contributed by atoms with Crippen molar-refractivity contribution in [2.24, 2.45) is 5.92 Å². The van der Waals surface area contributed by atoms with Crippen LogP contribution in [-0.4, -0.2) is 21.3 Å². The smallest absolute Gasteiger partial charge is 0.264 e. The van der Waals surface area contributed by atoms with Gasteiger partial charge < -0.3 is 0 Å². The Morgan fingerprint density at radius 2 is 1.92 bits per heavy atom. The topological polar surface area (TPSA) is 43.4 Å². The Morgan fingerprint density at radius 1 is 1.31 bits per heavy atom. The van der Waals surface area contributed by atoms with E-state index in [1.807, 2.05) is 12.2 Å². The largest absolute Gasteiger partial charge is 0.270 e. The molecule has 0 bridgehead atoms. The molecule has 0 aliphatic heterocycles. The van der Waals surface area contributed by atoms with Gasteiger partial charge in [-0.3, -0.25) is 4.18 Å². The molecule has 0 aromatic carbocycles. The second-order valence-electron chi connectivity index (χ2n) is 3.10. The Bertz CT molecular complexity index is 289. The lowest BCUT2D eigenvalue weighted by atomic mass is 10.1. The zero-order chi connectivity index (χ0) is 9.73. The lowest BCUT2D eigenvalue weighted by Gasteiger charge is -2.04. The fourth-order valence-corrected chi connectivity index (χ4v) is 1.62. The van der Waals surface area contributed by atoms with Crippen molar-refractivity contribution in [2.45, 2.75) is 12.8 Å². The van der Waals surface area contributed by atoms with Gasteiger partial charge in [0.2, 0.25) is 0 Å². The van der Waals surface area contributed by atoms with Crippen LogP contribution in [0.15, 0.2) is 24.3 Å². The Balaban J connectivity index is 2.08. The molecule has 0 saturated carbocycles. The SMILES string of the molecule is CS(=O)(=O)OCCCC1C=CC=C1. The summed E-state index contributed by atoms with van der Waals surface area (Å²) < 4.78 is 25.8. The highest BCUT2D eigenvalue weighted by Crippen LogP contribution is 2.15. The second-order valence-corrected chi connectivity index (χ2v) is 4.75. The highest BCUT2D eigenvalue weighted by atomic mass is 32.2. The van der Waals surface area contributed by atoms with Gasteiger partial charge in [-0.15, -0.1) is 0 Å². The van der Waals surface area contributed by atoms with E-state index in [1.54, 1.807) is 0 Å². The van der Waals surface area contributed by atoms with Crippen LogP contribution in [0.5, 0.6) is 0 Å². The van der Waals surface area contributed by atoms with Crippen LogP contribution in [0.4, 0.5) is 0 Å². The van der Waals surface area contributed by atoms with E-state index in [9.17, 15) is 8.42 Å². The van der Waals surface area contributed by atoms with E-state index in [2.05, 4.69) is 16.3 Å². The molecule has 1 aliphatic rings. The van der Waals surface area contributed by atoms with Gasteiger partial charge in [-0.05, 0) is 18.8 Å². The maximum absolute atomic E-state index is 10.6. The lowest BCUT2D eigenvalue weighted by molar-refractivity contribution is 0.308. The third-order valence-electron chi connectivity index (χ3n) is 1.81. The molecular formula is C9H14O3S. The van der Waals surface area contributed by atoms with Crippen LogP contribution in [-0.2, 0) is 14.3 Å². The Labute approximate surface area is 79.2 Å². The average Bonchev–Trinajstić information content (AvgIpc) is 2.48. The summed E-state index contributed by atoms with van der Waals surface area (Å²) in [4.78, 5) is 0. The molecule has 3 nitrogen and oxygen atoms in total. The molecule has 0 heterocycles. The van der Waals surface area contributed by atoms with Gasteiger partial charge in [-0.1, -0.05) is 24.3 Å². The summed E-state index contributed by atoms with van der Waals surface area (Å²) in [6, 6.07) is 0. The van der Waals surface area contributed by atoms with Crippen molar-refractivity contribution in [1.29, 1.82) is 0 Å². The molecule has 0 spiro atoms. The van der Waals surface area contributed by atoms with Gasteiger partial charge >= 0.3 is 0 Å². The van der Waals surface area contributed by atoms with E-state index >= 15 is 0 Å². The van der Waals surface area contributed by atoms with Crippen LogP contribution in [0, 0.1) is 5.92 Å². The second kappa shape index (κ2) is 4.58. The normalized spacial score (nSPS) is 17.0. The summed E-state index contributed by atoms with van der Waals surface area (Å²) in [7, 11) is -3.26. The van der Waals surface area contributed by atoms with Gasteiger partial charge in [0.1, 0.15) is 0 Å². The zero-order valence-corrected chi connectivity index (χ0v) is 8.46. The van der Waals surface area contributed by atoms with Crippen molar-refractivity contribution < 1.29 is 12.6 Å². The van der Waals surface area contributed by atoms with E-state index < -0.39 is 10.1 Å². The van der Waals surface area contributed by atoms with Crippen LogP contribution in [0.25, 0.3) is 0 Å². The molecule has 0 atom stereocenters. The number of rotatable bonds is 5. The summed E-state index contributed by atoms with van der Waals surface area (Å²) in [5, 5.41) is 0. The molecule has 0 aromatic rings. The Kier molecular flexibility index (Phi) is 3.69. The maximum atomic E-state index is 10.6. The molecule has 1 aliphatic carbocycles. The summed E-state index contributed by atoms with van der Waals surface area (Å²) >= 11 is 0. The molecule has 4 heteroatoms. The highest BCUT2D eigenvalue weighted by molar-refractivity contribution is 7.85. The quantitative estimate of drug-likeness (QED) is 0.501. The molecule has 0 N–H and O–H groups in total. The summed E-state index contributed by atoms with van der Waals surface area (Å²) in [6.07, 6.45) is 11.0.